The molecular formula is C6H10O4S. The third-order valence-electron chi connectivity index (χ3n) is 1.26. The van der Waals surface area contributed by atoms with E-state index >= 15 is 0 Å². The summed E-state index contributed by atoms with van der Waals surface area (Å²) >= 11 is 3.23. The van der Waals surface area contributed by atoms with Crippen LogP contribution < -0.4 is 0 Å². The third kappa shape index (κ3) is 2.90. The van der Waals surface area contributed by atoms with Crippen molar-refractivity contribution in [1.82, 2.24) is 0 Å². The van der Waals surface area contributed by atoms with E-state index < -0.39 is 23.8 Å². The molecule has 4 nitrogen and oxygen atoms in total. The van der Waals surface area contributed by atoms with Crippen molar-refractivity contribution in [2.45, 2.75) is 20.0 Å². The van der Waals surface area contributed by atoms with Crippen LogP contribution in [0.3, 0.4) is 0 Å². The van der Waals surface area contributed by atoms with Crippen LogP contribution in [0.1, 0.15) is 13.8 Å². The van der Waals surface area contributed by atoms with Crippen LogP contribution in [0.15, 0.2) is 0 Å². The van der Waals surface area contributed by atoms with Gasteiger partial charge in [-0.15, -0.1) is 0 Å². The van der Waals surface area contributed by atoms with Crippen LogP contribution in [0.25, 0.3) is 0 Å². The summed E-state index contributed by atoms with van der Waals surface area (Å²) < 4.78 is 4.01. The number of carbonyl (C=O) groups is 2. The molecule has 11 heavy (non-hydrogen) atoms. The van der Waals surface area contributed by atoms with Gasteiger partial charge in [0.25, 0.3) is 0 Å². The Morgan fingerprint density at radius 2 is 2.00 bits per heavy atom. The van der Waals surface area contributed by atoms with E-state index in [1.165, 1.54) is 13.8 Å². The van der Waals surface area contributed by atoms with Gasteiger partial charge in [-0.05, 0) is 13.8 Å². The normalized spacial score (nSPS) is 15.3. The summed E-state index contributed by atoms with van der Waals surface area (Å²) in [4.78, 5) is 21.4. The molecule has 0 saturated heterocycles. The van der Waals surface area contributed by atoms with E-state index in [2.05, 4.69) is 17.1 Å². The van der Waals surface area contributed by atoms with Gasteiger partial charge in [-0.2, -0.15) is 0 Å². The van der Waals surface area contributed by atoms with E-state index in [1.54, 1.807) is 0 Å². The van der Waals surface area contributed by atoms with Crippen LogP contribution in [-0.2, 0) is 13.8 Å². The number of Topliss-reactive ketones (excluding diaryl/α,β-unsaturated/α-hetero) is 1. The van der Waals surface area contributed by atoms with Gasteiger partial charge in [0, 0.05) is 12.9 Å². The van der Waals surface area contributed by atoms with Crippen LogP contribution in [0, 0.1) is 5.92 Å². The molecule has 5 heteroatoms. The molecule has 1 N–H and O–H groups in total. The second-order valence-corrected chi connectivity index (χ2v) is 2.42. The molecule has 0 bridgehead atoms. The summed E-state index contributed by atoms with van der Waals surface area (Å²) in [5.74, 6) is -2.37. The van der Waals surface area contributed by atoms with Crippen molar-refractivity contribution in [1.29, 1.82) is 0 Å². The third-order valence-corrected chi connectivity index (χ3v) is 1.44. The number of hydrogen-bond acceptors (Lipinski definition) is 5. The number of carbonyl (C=O) groups excluding carboxylic acids is 2. The Morgan fingerprint density at radius 1 is 1.55 bits per heavy atom. The van der Waals surface area contributed by atoms with Crippen molar-refractivity contribution in [3.63, 3.8) is 0 Å². The fourth-order valence-electron chi connectivity index (χ4n) is 0.759. The minimum absolute atomic E-state index is 0.431. The van der Waals surface area contributed by atoms with Crippen molar-refractivity contribution in [2.24, 2.45) is 5.92 Å². The molecule has 0 spiro atoms. The highest BCUT2D eigenvalue weighted by atomic mass is 32.1. The predicted molar refractivity (Wildman–Crippen MR) is 40.9 cm³/mol. The molecule has 0 amide bonds. The molecule has 0 radical (unpaired) electrons. The second-order valence-electron chi connectivity index (χ2n) is 2.24. The van der Waals surface area contributed by atoms with Crippen LogP contribution >= 0.6 is 12.9 Å². The molecule has 2 atom stereocenters. The van der Waals surface area contributed by atoms with Gasteiger partial charge < -0.3 is 9.29 Å². The van der Waals surface area contributed by atoms with Gasteiger partial charge in [-0.25, -0.2) is 0 Å². The first kappa shape index (κ1) is 10.4. The SMILES string of the molecule is CC(=O)C(C(=O)OS)C(C)O. The van der Waals surface area contributed by atoms with Crippen molar-refractivity contribution in [3.8, 4) is 0 Å². The molecule has 0 aromatic carbocycles. The summed E-state index contributed by atoms with van der Waals surface area (Å²) in [5.41, 5.74) is 0. The first-order chi connectivity index (χ1) is 5.00. The Balaban J connectivity index is 4.34. The molecule has 0 aliphatic rings. The number of hydrogen-bond donors (Lipinski definition) is 2. The average molecular weight is 178 g/mol. The molecule has 0 aliphatic heterocycles. The van der Waals surface area contributed by atoms with Gasteiger partial charge in [-0.1, -0.05) is 0 Å². The van der Waals surface area contributed by atoms with Crippen LogP contribution in [0.2, 0.25) is 0 Å². The van der Waals surface area contributed by atoms with Crippen LogP contribution in [0.4, 0.5) is 0 Å². The minimum atomic E-state index is -1.12. The maximum absolute atomic E-state index is 10.7. The molecule has 0 aliphatic carbocycles. The lowest BCUT2D eigenvalue weighted by Gasteiger charge is -2.12. The molecular weight excluding hydrogens is 168 g/mol. The van der Waals surface area contributed by atoms with E-state index in [-0.39, 0.29) is 0 Å². The summed E-state index contributed by atoms with van der Waals surface area (Å²) in [5, 5.41) is 8.93. The lowest BCUT2D eigenvalue weighted by molar-refractivity contribution is -0.146. The Hall–Kier alpha value is -0.550. The van der Waals surface area contributed by atoms with Gasteiger partial charge in [0.05, 0.1) is 6.10 Å². The Kier molecular flexibility index (Phi) is 4.14. The summed E-state index contributed by atoms with van der Waals surface area (Å²) in [7, 11) is 0. The van der Waals surface area contributed by atoms with Gasteiger partial charge in [0.1, 0.15) is 11.7 Å². The Morgan fingerprint density at radius 3 is 2.09 bits per heavy atom. The van der Waals surface area contributed by atoms with Crippen molar-refractivity contribution in [2.75, 3.05) is 0 Å². The second kappa shape index (κ2) is 4.35. The highest BCUT2D eigenvalue weighted by Crippen LogP contribution is 2.08. The lowest BCUT2D eigenvalue weighted by Crippen LogP contribution is -2.32. The average Bonchev–Trinajstić information content (AvgIpc) is 1.85. The quantitative estimate of drug-likeness (QED) is 0.361. The number of thiol groups is 1. The first-order valence-corrected chi connectivity index (χ1v) is 3.41. The molecule has 0 aromatic rings. The topological polar surface area (TPSA) is 63.6 Å². The number of rotatable bonds is 3. The maximum atomic E-state index is 10.7. The molecule has 0 fully saturated rings. The van der Waals surface area contributed by atoms with Crippen LogP contribution in [-0.4, -0.2) is 23.0 Å². The largest absolute Gasteiger partial charge is 0.394 e. The highest BCUT2D eigenvalue weighted by molar-refractivity contribution is 7.75. The van der Waals surface area contributed by atoms with Gasteiger partial charge >= 0.3 is 5.97 Å². The zero-order valence-corrected chi connectivity index (χ0v) is 7.17. The van der Waals surface area contributed by atoms with Gasteiger partial charge in [-0.3, -0.25) is 9.59 Å². The van der Waals surface area contributed by atoms with E-state index in [9.17, 15) is 9.59 Å². The monoisotopic (exact) mass is 178 g/mol. The minimum Gasteiger partial charge on any atom is -0.394 e. The number of ketones is 1. The van der Waals surface area contributed by atoms with E-state index in [4.69, 9.17) is 5.11 Å². The number of aliphatic hydroxyl groups is 1. The number of aliphatic hydroxyl groups excluding tert-OH is 1. The van der Waals surface area contributed by atoms with Crippen molar-refractivity contribution < 1.29 is 18.9 Å². The van der Waals surface area contributed by atoms with Crippen molar-refractivity contribution in [3.05, 3.63) is 0 Å². The summed E-state index contributed by atoms with van der Waals surface area (Å²) in [6, 6.07) is 0. The zero-order valence-electron chi connectivity index (χ0n) is 6.27. The van der Waals surface area contributed by atoms with Gasteiger partial charge in [0.15, 0.2) is 0 Å². The molecule has 0 rings (SSSR count). The van der Waals surface area contributed by atoms with Crippen LogP contribution in [0.5, 0.6) is 0 Å². The molecule has 0 saturated carbocycles. The first-order valence-electron chi connectivity index (χ1n) is 3.04. The molecule has 2 unspecified atom stereocenters. The summed E-state index contributed by atoms with van der Waals surface area (Å²) in [6.45, 7) is 2.55. The predicted octanol–water partition coefficient (Wildman–Crippen LogP) is -0.0396. The maximum Gasteiger partial charge on any atom is 0.330 e. The molecule has 64 valence electrons. The lowest BCUT2D eigenvalue weighted by atomic mass is 10.0. The fourth-order valence-corrected chi connectivity index (χ4v) is 0.873. The molecule has 0 aromatic heterocycles. The zero-order chi connectivity index (χ0) is 9.02. The highest BCUT2D eigenvalue weighted by Gasteiger charge is 2.29. The summed E-state index contributed by atoms with van der Waals surface area (Å²) in [6.07, 6.45) is -1.04. The standard InChI is InChI=1S/C6H10O4S/c1-3(7)5(4(2)8)6(9)10-11/h3,5,7,11H,1-2H3. The van der Waals surface area contributed by atoms with E-state index in [1.807, 2.05) is 0 Å². The van der Waals surface area contributed by atoms with Gasteiger partial charge in [0.2, 0.25) is 0 Å². The smallest absolute Gasteiger partial charge is 0.330 e. The van der Waals surface area contributed by atoms with E-state index in [0.717, 1.165) is 0 Å². The van der Waals surface area contributed by atoms with E-state index in [0.29, 0.717) is 0 Å². The van der Waals surface area contributed by atoms with Crippen molar-refractivity contribution >= 4 is 24.7 Å². The fraction of sp³-hybridized carbons (Fsp3) is 0.667. The Labute approximate surface area is 70.2 Å². The molecule has 0 heterocycles. The Bertz CT molecular complexity index is 166.